The number of carbonyl (C=O) groups is 1. The number of halogens is 3. The lowest BCUT2D eigenvalue weighted by atomic mass is 9.93. The van der Waals surface area contributed by atoms with Crippen LogP contribution in [-0.2, 0) is 30.8 Å². The molecule has 3 N–H and O–H groups in total. The van der Waals surface area contributed by atoms with Crippen LogP contribution in [0.1, 0.15) is 27.2 Å². The zero-order valence-corrected chi connectivity index (χ0v) is 20.1. The van der Waals surface area contributed by atoms with Crippen LogP contribution < -0.4 is 15.8 Å². The normalized spacial score (nSPS) is 15.7. The number of rotatable bonds is 7. The van der Waals surface area contributed by atoms with Gasteiger partial charge in [-0.3, -0.25) is 14.4 Å². The van der Waals surface area contributed by atoms with Crippen molar-refractivity contribution >= 4 is 17.5 Å². The van der Waals surface area contributed by atoms with E-state index in [0.717, 1.165) is 30.8 Å². The van der Waals surface area contributed by atoms with E-state index in [0.29, 0.717) is 49.6 Å². The number of primary amides is 1. The molecule has 2 aromatic heterocycles. The Hall–Kier alpha value is -3.71. The number of benzene rings is 1. The van der Waals surface area contributed by atoms with Gasteiger partial charge in [-0.25, -0.2) is 9.97 Å². The number of nitrogens with two attached hydrogens (primary N) is 1. The molecule has 5 rings (SSSR count). The first-order valence-electron chi connectivity index (χ1n) is 11.8. The van der Waals surface area contributed by atoms with Gasteiger partial charge in [0.15, 0.2) is 5.69 Å². The summed E-state index contributed by atoms with van der Waals surface area (Å²) in [7, 11) is 1.68. The molecule has 196 valence electrons. The number of amides is 1. The Morgan fingerprint density at radius 2 is 2.00 bits per heavy atom. The number of hydrogen-bond acceptors (Lipinski definition) is 8. The number of carbonyl (C=O) groups excluding carboxylic acids is 1. The number of fused-ring (bicyclic) bond motifs is 3. The molecule has 1 aromatic carbocycles. The van der Waals surface area contributed by atoms with Crippen LogP contribution >= 0.6 is 0 Å². The summed E-state index contributed by atoms with van der Waals surface area (Å²) < 4.78 is 53.4. The molecule has 13 heteroatoms. The first-order valence-corrected chi connectivity index (χ1v) is 11.8. The minimum absolute atomic E-state index is 0.0866. The molecule has 0 radical (unpaired) electrons. The first-order chi connectivity index (χ1) is 17.7. The molecule has 37 heavy (non-hydrogen) atoms. The Labute approximate surface area is 210 Å². The topological polar surface area (TPSA) is 120 Å². The van der Waals surface area contributed by atoms with Crippen LogP contribution in [0, 0.1) is 0 Å². The fourth-order valence-corrected chi connectivity index (χ4v) is 4.58. The molecule has 0 saturated carbocycles. The minimum atomic E-state index is -4.56. The molecule has 0 atom stereocenters. The fourth-order valence-electron chi connectivity index (χ4n) is 4.58. The Bertz CT molecular complexity index is 1320. The van der Waals surface area contributed by atoms with Crippen LogP contribution in [0.25, 0.3) is 11.4 Å². The molecule has 3 aromatic rings. The van der Waals surface area contributed by atoms with Gasteiger partial charge in [0.1, 0.15) is 12.4 Å². The van der Waals surface area contributed by atoms with Gasteiger partial charge in [-0.1, -0.05) is 0 Å². The molecule has 0 bridgehead atoms. The van der Waals surface area contributed by atoms with Crippen molar-refractivity contribution in [3.05, 3.63) is 46.8 Å². The van der Waals surface area contributed by atoms with E-state index >= 15 is 0 Å². The van der Waals surface area contributed by atoms with Gasteiger partial charge in [-0.2, -0.15) is 18.3 Å². The number of nitrogens with one attached hydrogen (secondary N) is 1. The third kappa shape index (κ3) is 5.37. The number of anilines is 2. The average molecular weight is 518 g/mol. The van der Waals surface area contributed by atoms with E-state index in [1.165, 1.54) is 10.7 Å². The molecule has 3 heterocycles. The lowest BCUT2D eigenvalue weighted by molar-refractivity contribution is -0.137. The number of aryl methyl sites for hydroxylation is 2. The monoisotopic (exact) mass is 517 g/mol. The SMILES string of the molecule is Cn1nc(C(N)=O)c2c1-c1nc(Nc3cc(OCCN4CCOCC4)cc(C(F)(F)F)c3)ncc1CC2. The molecular formula is C24H26F3N7O3. The molecule has 1 aliphatic heterocycles. The maximum absolute atomic E-state index is 13.6. The van der Waals surface area contributed by atoms with Gasteiger partial charge < -0.3 is 20.5 Å². The van der Waals surface area contributed by atoms with Crippen molar-refractivity contribution in [2.75, 3.05) is 44.8 Å². The van der Waals surface area contributed by atoms with Crippen molar-refractivity contribution in [3.63, 3.8) is 0 Å². The average Bonchev–Trinajstić information content (AvgIpc) is 3.21. The summed E-state index contributed by atoms with van der Waals surface area (Å²) in [6.07, 6.45) is -1.80. The van der Waals surface area contributed by atoms with Crippen molar-refractivity contribution in [1.29, 1.82) is 0 Å². The van der Waals surface area contributed by atoms with Gasteiger partial charge in [-0.05, 0) is 30.5 Å². The van der Waals surface area contributed by atoms with Crippen LogP contribution in [0.5, 0.6) is 5.75 Å². The van der Waals surface area contributed by atoms with E-state index in [1.807, 2.05) is 0 Å². The molecule has 10 nitrogen and oxygen atoms in total. The molecule has 1 amide bonds. The highest BCUT2D eigenvalue weighted by Crippen LogP contribution is 2.36. The van der Waals surface area contributed by atoms with Crippen LogP contribution in [0.15, 0.2) is 24.4 Å². The molecule has 1 saturated heterocycles. The highest BCUT2D eigenvalue weighted by molar-refractivity contribution is 5.94. The van der Waals surface area contributed by atoms with E-state index in [1.54, 1.807) is 13.2 Å². The largest absolute Gasteiger partial charge is 0.492 e. The van der Waals surface area contributed by atoms with Crippen LogP contribution in [0.3, 0.4) is 0 Å². The van der Waals surface area contributed by atoms with Gasteiger partial charge in [-0.15, -0.1) is 0 Å². The first kappa shape index (κ1) is 25.0. The summed E-state index contributed by atoms with van der Waals surface area (Å²) in [6, 6.07) is 3.45. The van der Waals surface area contributed by atoms with E-state index < -0.39 is 17.6 Å². The predicted octanol–water partition coefficient (Wildman–Crippen LogP) is 2.55. The fraction of sp³-hybridized carbons (Fsp3) is 0.417. The number of aromatic nitrogens is 4. The van der Waals surface area contributed by atoms with E-state index in [9.17, 15) is 18.0 Å². The zero-order valence-electron chi connectivity index (χ0n) is 20.1. The third-order valence-electron chi connectivity index (χ3n) is 6.38. The quantitative estimate of drug-likeness (QED) is 0.491. The smallest absolute Gasteiger partial charge is 0.416 e. The number of nitrogens with zero attached hydrogens (tertiary/aromatic N) is 5. The summed E-state index contributed by atoms with van der Waals surface area (Å²) in [5.41, 5.74) is 7.67. The highest BCUT2D eigenvalue weighted by Gasteiger charge is 2.32. The number of alkyl halides is 3. The van der Waals surface area contributed by atoms with Gasteiger partial charge in [0.05, 0.1) is 30.2 Å². The number of ether oxygens (including phenoxy) is 2. The second-order valence-electron chi connectivity index (χ2n) is 8.90. The summed E-state index contributed by atoms with van der Waals surface area (Å²) in [5.74, 6) is -0.437. The van der Waals surface area contributed by atoms with Crippen LogP contribution in [-0.4, -0.2) is 70.0 Å². The van der Waals surface area contributed by atoms with Crippen molar-refractivity contribution in [2.24, 2.45) is 12.8 Å². The van der Waals surface area contributed by atoms with E-state index in [4.69, 9.17) is 15.2 Å². The van der Waals surface area contributed by atoms with E-state index in [2.05, 4.69) is 25.3 Å². The summed E-state index contributed by atoms with van der Waals surface area (Å²) in [5, 5.41) is 7.10. The van der Waals surface area contributed by atoms with Gasteiger partial charge in [0, 0.05) is 50.2 Å². The standard InChI is InChI=1S/C24H26F3N7O3/c1-33-21-18(20(32-33)22(28)35)3-2-14-13-29-23(31-19(14)21)30-16-10-15(24(25,26)27)11-17(12-16)37-9-6-34-4-7-36-8-5-34/h10-13H,2-9H2,1H3,(H2,28,35)(H,29,30,31). The zero-order chi connectivity index (χ0) is 26.2. The van der Waals surface area contributed by atoms with Gasteiger partial charge >= 0.3 is 6.18 Å². The molecular weight excluding hydrogens is 491 g/mol. The Morgan fingerprint density at radius 3 is 2.73 bits per heavy atom. The summed E-state index contributed by atoms with van der Waals surface area (Å²) >= 11 is 0. The molecule has 0 unspecified atom stereocenters. The number of hydrogen-bond donors (Lipinski definition) is 2. The number of morpholine rings is 1. The summed E-state index contributed by atoms with van der Waals surface area (Å²) in [4.78, 5) is 22.8. The van der Waals surface area contributed by atoms with Crippen molar-refractivity contribution in [1.82, 2.24) is 24.6 Å². The van der Waals surface area contributed by atoms with Gasteiger partial charge in [0.25, 0.3) is 5.91 Å². The second kappa shape index (κ2) is 9.98. The van der Waals surface area contributed by atoms with Crippen LogP contribution in [0.4, 0.5) is 24.8 Å². The highest BCUT2D eigenvalue weighted by atomic mass is 19.4. The Kier molecular flexibility index (Phi) is 6.73. The van der Waals surface area contributed by atoms with E-state index in [-0.39, 0.29) is 29.7 Å². The lowest BCUT2D eigenvalue weighted by Gasteiger charge is -2.26. The van der Waals surface area contributed by atoms with Crippen LogP contribution in [0.2, 0.25) is 0 Å². The minimum Gasteiger partial charge on any atom is -0.492 e. The van der Waals surface area contributed by atoms with Crippen molar-refractivity contribution in [2.45, 2.75) is 19.0 Å². The lowest BCUT2D eigenvalue weighted by Crippen LogP contribution is -2.38. The predicted molar refractivity (Wildman–Crippen MR) is 128 cm³/mol. The maximum atomic E-state index is 13.6. The summed E-state index contributed by atoms with van der Waals surface area (Å²) in [6.45, 7) is 3.59. The Morgan fingerprint density at radius 1 is 1.22 bits per heavy atom. The molecule has 1 aliphatic carbocycles. The van der Waals surface area contributed by atoms with Gasteiger partial charge in [0.2, 0.25) is 5.95 Å². The second-order valence-corrected chi connectivity index (χ2v) is 8.90. The van der Waals surface area contributed by atoms with Crippen molar-refractivity contribution < 1.29 is 27.4 Å². The third-order valence-corrected chi connectivity index (χ3v) is 6.38. The Balaban J connectivity index is 1.40. The molecule has 2 aliphatic rings. The molecule has 0 spiro atoms. The van der Waals surface area contributed by atoms with Crippen molar-refractivity contribution in [3.8, 4) is 17.1 Å². The molecule has 1 fully saturated rings. The maximum Gasteiger partial charge on any atom is 0.416 e.